The second kappa shape index (κ2) is 18.0. The number of hydrogen-bond donors (Lipinski definition) is 2. The summed E-state index contributed by atoms with van der Waals surface area (Å²) in [7, 11) is 0. The number of rotatable bonds is 7. The second-order valence-corrected chi connectivity index (χ2v) is 22.3. The van der Waals surface area contributed by atoms with E-state index in [4.69, 9.17) is 0 Å². The Labute approximate surface area is 476 Å². The fourth-order valence-corrected chi connectivity index (χ4v) is 15.1. The van der Waals surface area contributed by atoms with Crippen LogP contribution in [0.5, 0.6) is 0 Å². The molecule has 2 nitrogen and oxygen atoms in total. The molecule has 0 aromatic heterocycles. The maximum atomic E-state index is 4.11. The van der Waals surface area contributed by atoms with Crippen LogP contribution in [-0.4, -0.2) is 0 Å². The lowest BCUT2D eigenvalue weighted by Crippen LogP contribution is -2.35. The van der Waals surface area contributed by atoms with Crippen LogP contribution in [-0.2, 0) is 10.8 Å². The van der Waals surface area contributed by atoms with Crippen molar-refractivity contribution in [2.45, 2.75) is 10.8 Å². The average Bonchev–Trinajstić information content (AvgIpc) is 3.59. The van der Waals surface area contributed by atoms with Crippen molar-refractivity contribution in [2.75, 3.05) is 10.6 Å². The van der Waals surface area contributed by atoms with Gasteiger partial charge in [-0.25, -0.2) is 0 Å². The molecular weight excluding hydrogens is 989 g/mol. The Balaban J connectivity index is 0.997. The average molecular weight is 1040 g/mol. The fraction of sp³-hybridized carbons (Fsp3) is 0.0250. The van der Waals surface area contributed by atoms with Crippen molar-refractivity contribution in [3.05, 3.63) is 348 Å². The molecule has 0 atom stereocenters. The van der Waals surface area contributed by atoms with E-state index in [-0.39, 0.29) is 0 Å². The quantitative estimate of drug-likeness (QED) is 0.123. The Bertz CT molecular complexity index is 4700. The molecule has 2 aliphatic heterocycles. The van der Waals surface area contributed by atoms with Crippen LogP contribution in [0.1, 0.15) is 44.5 Å². The van der Waals surface area contributed by atoms with Crippen molar-refractivity contribution in [1.29, 1.82) is 0 Å². The summed E-state index contributed by atoms with van der Waals surface area (Å²) in [6, 6.07) is 113. The predicted molar refractivity (Wildman–Crippen MR) is 345 cm³/mol. The van der Waals surface area contributed by atoms with Gasteiger partial charge >= 0.3 is 0 Å². The van der Waals surface area contributed by atoms with Gasteiger partial charge in [0.05, 0.1) is 22.2 Å². The van der Waals surface area contributed by atoms with Gasteiger partial charge in [-0.3, -0.25) is 0 Å². The van der Waals surface area contributed by atoms with Gasteiger partial charge in [-0.2, -0.15) is 0 Å². The molecule has 2 heterocycles. The molecule has 0 unspecified atom stereocenters. The second-order valence-electron chi connectivity index (χ2n) is 22.3. The molecule has 0 saturated heterocycles. The van der Waals surface area contributed by atoms with E-state index in [0.29, 0.717) is 0 Å². The smallest absolute Gasteiger partial charge is 0.0742 e. The van der Waals surface area contributed by atoms with Crippen LogP contribution in [0.3, 0.4) is 0 Å². The summed E-state index contributed by atoms with van der Waals surface area (Å²) < 4.78 is 0. The van der Waals surface area contributed by atoms with Crippen molar-refractivity contribution < 1.29 is 0 Å². The van der Waals surface area contributed by atoms with Gasteiger partial charge in [0.25, 0.3) is 0 Å². The zero-order valence-electron chi connectivity index (χ0n) is 44.9. The Kier molecular flexibility index (Phi) is 10.2. The summed E-state index contributed by atoms with van der Waals surface area (Å²) >= 11 is 0. The monoisotopic (exact) mass is 1040 g/mol. The molecule has 0 bridgehead atoms. The van der Waals surface area contributed by atoms with Crippen LogP contribution in [0.2, 0.25) is 0 Å². The number of para-hydroxylation sites is 4. The van der Waals surface area contributed by atoms with E-state index in [1.807, 2.05) is 0 Å². The molecule has 0 saturated carbocycles. The van der Waals surface area contributed by atoms with Gasteiger partial charge in [0, 0.05) is 22.5 Å². The molecular formula is C80H52N2. The standard InChI is InChI=1S/C80H52N2/c1-5-26-54(27-6-1)79(55-28-7-2-8-29-55)68-41-13-15-45-72(68)81-77-63(39-21-43-70(77)79)58-34-19-37-60-65(58)50-66-59(35-20-38-61(66)76(60)67-49-53-25-17-23-51-47-48-52-24-18-36-62(67)75(52)74(51)53)64-40-22-44-71-78(64)82-73-46-16-14-42-69(73)80(71,56-30-9-3-10-31-56)57-32-11-4-12-33-57/h1-50,81-82H. The first-order valence-electron chi connectivity index (χ1n) is 28.6. The zero-order chi connectivity index (χ0) is 53.9. The van der Waals surface area contributed by atoms with Crippen LogP contribution in [0.25, 0.3) is 87.2 Å². The third-order valence-electron chi connectivity index (χ3n) is 18.3. The molecule has 2 heteroatoms. The molecule has 0 radical (unpaired) electrons. The first-order valence-corrected chi connectivity index (χ1v) is 28.6. The maximum absolute atomic E-state index is 4.11. The zero-order valence-corrected chi connectivity index (χ0v) is 44.9. The van der Waals surface area contributed by atoms with Gasteiger partial charge in [-0.15, -0.1) is 0 Å². The summed E-state index contributed by atoms with van der Waals surface area (Å²) in [5, 5.41) is 20.6. The van der Waals surface area contributed by atoms with Gasteiger partial charge in [0.15, 0.2) is 0 Å². The summed E-state index contributed by atoms with van der Waals surface area (Å²) in [4.78, 5) is 0. The Hall–Kier alpha value is -10.5. The highest BCUT2D eigenvalue weighted by atomic mass is 14.9. The lowest BCUT2D eigenvalue weighted by atomic mass is 9.62. The number of nitrogens with one attached hydrogen (secondary N) is 2. The van der Waals surface area contributed by atoms with E-state index < -0.39 is 10.8 Å². The van der Waals surface area contributed by atoms with Crippen molar-refractivity contribution in [1.82, 2.24) is 0 Å². The molecule has 382 valence electrons. The summed E-state index contributed by atoms with van der Waals surface area (Å²) in [5.74, 6) is 0. The minimum atomic E-state index is -0.613. The number of anilines is 4. The van der Waals surface area contributed by atoms with Gasteiger partial charge in [0.2, 0.25) is 0 Å². The van der Waals surface area contributed by atoms with E-state index in [1.54, 1.807) is 0 Å². The summed E-state index contributed by atoms with van der Waals surface area (Å²) in [5.41, 5.74) is 20.1. The first-order chi connectivity index (χ1) is 40.7. The fourth-order valence-electron chi connectivity index (χ4n) is 15.1. The van der Waals surface area contributed by atoms with Crippen molar-refractivity contribution >= 4 is 76.6 Å². The topological polar surface area (TPSA) is 24.1 Å². The Morgan fingerprint density at radius 3 is 1.07 bits per heavy atom. The van der Waals surface area contributed by atoms with Crippen LogP contribution in [0.4, 0.5) is 22.7 Å². The van der Waals surface area contributed by atoms with Crippen molar-refractivity contribution in [3.63, 3.8) is 0 Å². The molecule has 82 heavy (non-hydrogen) atoms. The molecule has 2 aliphatic rings. The van der Waals surface area contributed by atoms with Crippen molar-refractivity contribution in [2.24, 2.45) is 0 Å². The third kappa shape index (κ3) is 6.46. The number of benzene rings is 15. The van der Waals surface area contributed by atoms with E-state index in [9.17, 15) is 0 Å². The molecule has 17 rings (SSSR count). The largest absolute Gasteiger partial charge is 0.354 e. The molecule has 2 N–H and O–H groups in total. The third-order valence-corrected chi connectivity index (χ3v) is 18.3. The van der Waals surface area contributed by atoms with Gasteiger partial charge in [0.1, 0.15) is 0 Å². The Morgan fingerprint density at radius 2 is 0.585 bits per heavy atom. The number of fused-ring (bicyclic) bond motifs is 6. The molecule has 0 aliphatic carbocycles. The van der Waals surface area contributed by atoms with Crippen molar-refractivity contribution in [3.8, 4) is 33.4 Å². The van der Waals surface area contributed by atoms with E-state index >= 15 is 0 Å². The summed E-state index contributed by atoms with van der Waals surface area (Å²) in [6.07, 6.45) is 0. The predicted octanol–water partition coefficient (Wildman–Crippen LogP) is 20.8. The molecule has 15 aromatic rings. The molecule has 0 fully saturated rings. The highest BCUT2D eigenvalue weighted by molar-refractivity contribution is 6.30. The Morgan fingerprint density at radius 1 is 0.220 bits per heavy atom. The van der Waals surface area contributed by atoms with E-state index in [0.717, 1.165) is 33.9 Å². The van der Waals surface area contributed by atoms with E-state index in [1.165, 1.54) is 121 Å². The molecule has 15 aromatic carbocycles. The molecule has 0 amide bonds. The first kappa shape index (κ1) is 46.4. The van der Waals surface area contributed by atoms with Crippen LogP contribution in [0, 0.1) is 0 Å². The van der Waals surface area contributed by atoms with E-state index in [2.05, 4.69) is 314 Å². The molecule has 0 spiro atoms. The van der Waals surface area contributed by atoms with Gasteiger partial charge in [-0.1, -0.05) is 279 Å². The lowest BCUT2D eigenvalue weighted by Gasteiger charge is -2.43. The lowest BCUT2D eigenvalue weighted by molar-refractivity contribution is 0.741. The highest BCUT2D eigenvalue weighted by Crippen LogP contribution is 2.59. The van der Waals surface area contributed by atoms with Gasteiger partial charge < -0.3 is 10.6 Å². The minimum Gasteiger partial charge on any atom is -0.354 e. The van der Waals surface area contributed by atoms with Crippen LogP contribution >= 0.6 is 0 Å². The SMILES string of the molecule is c1ccc(C2(c3ccccc3)c3ccccc3Nc3c(-c4cccc5c(-c6cc7cccc8ccc9cccc6c9c87)c6cccc(-c7cccc8c7Nc7ccccc7C8(c7ccccc7)c7ccccc7)c6cc45)cccc32)cc1. The normalized spacial score (nSPS) is 13.8. The van der Waals surface area contributed by atoms with Gasteiger partial charge in [-0.05, 0) is 145 Å². The summed E-state index contributed by atoms with van der Waals surface area (Å²) in [6.45, 7) is 0. The van der Waals surface area contributed by atoms with Crippen LogP contribution < -0.4 is 10.6 Å². The van der Waals surface area contributed by atoms with Crippen LogP contribution in [0.15, 0.2) is 303 Å². The minimum absolute atomic E-state index is 0.613. The maximum Gasteiger partial charge on any atom is 0.0742 e. The highest BCUT2D eigenvalue weighted by Gasteiger charge is 2.46. The number of hydrogen-bond acceptors (Lipinski definition) is 2.